The molecule has 0 bridgehead atoms. The highest BCUT2D eigenvalue weighted by Gasteiger charge is 2.39. The first-order valence-corrected chi connectivity index (χ1v) is 6.64. The van der Waals surface area contributed by atoms with E-state index in [-0.39, 0.29) is 28.7 Å². The van der Waals surface area contributed by atoms with Crippen LogP contribution in [-0.2, 0) is 9.59 Å². The zero-order valence-electron chi connectivity index (χ0n) is 11.8. The van der Waals surface area contributed by atoms with E-state index in [0.29, 0.717) is 19.4 Å². The number of nitrogens with one attached hydrogen (secondary N) is 1. The zero-order chi connectivity index (χ0) is 14.1. The van der Waals surface area contributed by atoms with Crippen molar-refractivity contribution in [2.24, 2.45) is 10.8 Å². The van der Waals surface area contributed by atoms with Crippen LogP contribution in [0.1, 0.15) is 47.5 Å². The lowest BCUT2D eigenvalue weighted by atomic mass is 9.80. The maximum absolute atomic E-state index is 12.0. The summed E-state index contributed by atoms with van der Waals surface area (Å²) >= 11 is 5.72. The van der Waals surface area contributed by atoms with Gasteiger partial charge in [-0.25, -0.2) is 4.84 Å². The number of amides is 2. The second-order valence-corrected chi connectivity index (χ2v) is 7.16. The molecule has 1 heterocycles. The molecule has 104 valence electrons. The van der Waals surface area contributed by atoms with E-state index >= 15 is 0 Å². The number of likely N-dealkylation sites (tertiary alicyclic amines) is 1. The van der Waals surface area contributed by atoms with Crippen molar-refractivity contribution in [1.82, 2.24) is 9.74 Å². The number of imide groups is 1. The standard InChI is InChI=1S/C13H23ClN2O2/c1-12(2,3)9(15-14)8-16-10(17)6-13(4,5)7-11(16)18/h9,15H,6-8H2,1-5H3/t9-/m1/s1. The molecular formula is C13H23ClN2O2. The van der Waals surface area contributed by atoms with Crippen LogP contribution in [0.4, 0.5) is 0 Å². The Morgan fingerprint density at radius 2 is 1.72 bits per heavy atom. The molecule has 1 rings (SSSR count). The van der Waals surface area contributed by atoms with Crippen LogP contribution in [0.2, 0.25) is 0 Å². The largest absolute Gasteiger partial charge is 0.281 e. The number of piperidine rings is 1. The van der Waals surface area contributed by atoms with Crippen molar-refractivity contribution in [3.63, 3.8) is 0 Å². The maximum Gasteiger partial charge on any atom is 0.229 e. The summed E-state index contributed by atoms with van der Waals surface area (Å²) in [4.78, 5) is 28.1. The Kier molecular flexibility index (Phi) is 4.44. The van der Waals surface area contributed by atoms with Gasteiger partial charge in [-0.2, -0.15) is 0 Å². The molecule has 0 unspecified atom stereocenters. The van der Waals surface area contributed by atoms with Crippen molar-refractivity contribution in [2.75, 3.05) is 6.54 Å². The van der Waals surface area contributed by atoms with Crippen molar-refractivity contribution in [1.29, 1.82) is 0 Å². The normalized spacial score (nSPS) is 22.2. The molecule has 1 saturated heterocycles. The van der Waals surface area contributed by atoms with Gasteiger partial charge in [-0.05, 0) is 22.6 Å². The van der Waals surface area contributed by atoms with Crippen LogP contribution in [-0.4, -0.2) is 29.3 Å². The predicted molar refractivity (Wildman–Crippen MR) is 72.0 cm³/mol. The molecular weight excluding hydrogens is 252 g/mol. The molecule has 4 nitrogen and oxygen atoms in total. The molecule has 18 heavy (non-hydrogen) atoms. The average Bonchev–Trinajstić information content (AvgIpc) is 2.12. The molecule has 5 heteroatoms. The fourth-order valence-corrected chi connectivity index (χ4v) is 2.47. The number of nitrogens with zero attached hydrogens (tertiary/aromatic N) is 1. The third-order valence-corrected chi connectivity index (χ3v) is 3.67. The Bertz CT molecular complexity index is 327. The SMILES string of the molecule is CC1(C)CC(=O)N(C[C@@H](NCl)C(C)(C)C)C(=O)C1. The fraction of sp³-hybridized carbons (Fsp3) is 0.846. The number of hydrogen-bond acceptors (Lipinski definition) is 3. The van der Waals surface area contributed by atoms with Crippen LogP contribution in [0.3, 0.4) is 0 Å². The monoisotopic (exact) mass is 274 g/mol. The minimum atomic E-state index is -0.226. The summed E-state index contributed by atoms with van der Waals surface area (Å²) < 4.78 is 0. The van der Waals surface area contributed by atoms with Crippen LogP contribution in [0.15, 0.2) is 0 Å². The summed E-state index contributed by atoms with van der Waals surface area (Å²) in [6, 6.07) is -0.117. The first-order chi connectivity index (χ1) is 8.07. The first kappa shape index (κ1) is 15.4. The molecule has 1 aliphatic rings. The van der Waals surface area contributed by atoms with Gasteiger partial charge < -0.3 is 0 Å². The van der Waals surface area contributed by atoms with Crippen LogP contribution in [0, 0.1) is 10.8 Å². The van der Waals surface area contributed by atoms with Crippen molar-refractivity contribution in [3.8, 4) is 0 Å². The first-order valence-electron chi connectivity index (χ1n) is 6.26. The summed E-state index contributed by atoms with van der Waals surface area (Å²) in [5.74, 6) is -0.199. The summed E-state index contributed by atoms with van der Waals surface area (Å²) in [6.45, 7) is 10.3. The highest BCUT2D eigenvalue weighted by Crippen LogP contribution is 2.32. The quantitative estimate of drug-likeness (QED) is 0.635. The van der Waals surface area contributed by atoms with Gasteiger partial charge in [0.15, 0.2) is 0 Å². The van der Waals surface area contributed by atoms with E-state index in [1.165, 1.54) is 4.90 Å². The van der Waals surface area contributed by atoms with Gasteiger partial charge in [0, 0.05) is 25.4 Å². The molecule has 0 saturated carbocycles. The van der Waals surface area contributed by atoms with Gasteiger partial charge in [0.25, 0.3) is 0 Å². The molecule has 0 aliphatic carbocycles. The van der Waals surface area contributed by atoms with Gasteiger partial charge in [-0.15, -0.1) is 0 Å². The number of halogens is 1. The van der Waals surface area contributed by atoms with Crippen LogP contribution in [0.5, 0.6) is 0 Å². The van der Waals surface area contributed by atoms with Gasteiger partial charge in [0.05, 0.1) is 0 Å². The maximum atomic E-state index is 12.0. The number of carbonyl (C=O) groups is 2. The van der Waals surface area contributed by atoms with Crippen LogP contribution in [0.25, 0.3) is 0 Å². The molecule has 1 fully saturated rings. The van der Waals surface area contributed by atoms with E-state index in [4.69, 9.17) is 11.8 Å². The Balaban J connectivity index is 2.79. The van der Waals surface area contributed by atoms with E-state index in [2.05, 4.69) is 4.84 Å². The topological polar surface area (TPSA) is 49.4 Å². The van der Waals surface area contributed by atoms with E-state index in [9.17, 15) is 9.59 Å². The lowest BCUT2D eigenvalue weighted by molar-refractivity contribution is -0.153. The summed E-state index contributed by atoms with van der Waals surface area (Å²) in [5, 5.41) is 0. The van der Waals surface area contributed by atoms with Crippen LogP contribution >= 0.6 is 11.8 Å². The third kappa shape index (κ3) is 3.69. The summed E-state index contributed by atoms with van der Waals surface area (Å²) in [5.41, 5.74) is -0.342. The molecule has 1 N–H and O–H groups in total. The highest BCUT2D eigenvalue weighted by atomic mass is 35.5. The summed E-state index contributed by atoms with van der Waals surface area (Å²) in [6.07, 6.45) is 0.829. The lowest BCUT2D eigenvalue weighted by Gasteiger charge is -2.38. The van der Waals surface area contributed by atoms with Gasteiger partial charge in [0.1, 0.15) is 0 Å². The van der Waals surface area contributed by atoms with Crippen molar-refractivity contribution in [2.45, 2.75) is 53.5 Å². The second kappa shape index (κ2) is 5.17. The highest BCUT2D eigenvalue weighted by molar-refractivity contribution is 6.13. The average molecular weight is 275 g/mol. The van der Waals surface area contributed by atoms with Gasteiger partial charge >= 0.3 is 0 Å². The zero-order valence-corrected chi connectivity index (χ0v) is 12.6. The van der Waals surface area contributed by atoms with Gasteiger partial charge in [-0.1, -0.05) is 34.6 Å². The summed E-state index contributed by atoms with van der Waals surface area (Å²) in [7, 11) is 0. The Morgan fingerprint density at radius 3 is 2.06 bits per heavy atom. The van der Waals surface area contributed by atoms with E-state index < -0.39 is 0 Å². The third-order valence-electron chi connectivity index (χ3n) is 3.40. The van der Waals surface area contributed by atoms with Crippen molar-refractivity contribution < 1.29 is 9.59 Å². The molecule has 1 atom stereocenters. The Hall–Kier alpha value is -0.610. The Labute approximate surface area is 114 Å². The minimum absolute atomic E-state index is 0.0996. The van der Waals surface area contributed by atoms with Gasteiger partial charge in [-0.3, -0.25) is 14.5 Å². The smallest absolute Gasteiger partial charge is 0.229 e. The number of hydrogen-bond donors (Lipinski definition) is 1. The van der Waals surface area contributed by atoms with E-state index in [0.717, 1.165) is 0 Å². The predicted octanol–water partition coefficient (Wildman–Crippen LogP) is 2.32. The lowest BCUT2D eigenvalue weighted by Crippen LogP contribution is -2.53. The molecule has 2 amide bonds. The molecule has 0 aromatic rings. The van der Waals surface area contributed by atoms with Crippen molar-refractivity contribution >= 4 is 23.6 Å². The Morgan fingerprint density at radius 1 is 1.28 bits per heavy atom. The minimum Gasteiger partial charge on any atom is -0.281 e. The number of carbonyl (C=O) groups excluding carboxylic acids is 2. The molecule has 0 radical (unpaired) electrons. The molecule has 0 spiro atoms. The second-order valence-electron chi connectivity index (χ2n) is 6.94. The van der Waals surface area contributed by atoms with Gasteiger partial charge in [0.2, 0.25) is 11.8 Å². The fourth-order valence-electron chi connectivity index (χ4n) is 2.07. The number of rotatable bonds is 3. The molecule has 0 aromatic heterocycles. The van der Waals surface area contributed by atoms with E-state index in [1.807, 2.05) is 34.6 Å². The molecule has 1 aliphatic heterocycles. The van der Waals surface area contributed by atoms with Crippen molar-refractivity contribution in [3.05, 3.63) is 0 Å². The van der Waals surface area contributed by atoms with Crippen LogP contribution < -0.4 is 4.84 Å². The van der Waals surface area contributed by atoms with E-state index in [1.54, 1.807) is 0 Å². The molecule has 0 aromatic carbocycles.